The Morgan fingerprint density at radius 2 is 2.17 bits per heavy atom. The molecule has 0 fully saturated rings. The van der Waals surface area contributed by atoms with Crippen molar-refractivity contribution in [1.29, 1.82) is 0 Å². The third-order valence-electron chi connectivity index (χ3n) is 2.90. The minimum absolute atomic E-state index is 0.121. The summed E-state index contributed by atoms with van der Waals surface area (Å²) in [4.78, 5) is 16.4. The van der Waals surface area contributed by atoms with E-state index in [0.29, 0.717) is 5.82 Å². The average molecular weight is 255 g/mol. The second-order valence-electron chi connectivity index (χ2n) is 4.32. The van der Waals surface area contributed by atoms with Crippen molar-refractivity contribution >= 4 is 11.6 Å². The van der Waals surface area contributed by atoms with Crippen molar-refractivity contribution < 1.29 is 4.92 Å². The van der Waals surface area contributed by atoms with E-state index in [4.69, 9.17) is 0 Å². The van der Waals surface area contributed by atoms with Crippen LogP contribution < -0.4 is 5.32 Å². The largest absolute Gasteiger partial charge is 0.406 e. The highest BCUT2D eigenvalue weighted by Gasteiger charge is 2.21. The van der Waals surface area contributed by atoms with Gasteiger partial charge in [0, 0.05) is 19.6 Å². The van der Waals surface area contributed by atoms with E-state index in [1.165, 1.54) is 6.33 Å². The zero-order valence-electron chi connectivity index (χ0n) is 11.4. The van der Waals surface area contributed by atoms with Crippen LogP contribution in [-0.2, 0) is 7.05 Å². The fraction of sp³-hybridized carbons (Fsp3) is 0.727. The highest BCUT2D eigenvalue weighted by Crippen LogP contribution is 2.21. The molecule has 1 aromatic rings. The molecular weight excluding hydrogens is 234 g/mol. The molecule has 0 aromatic carbocycles. The number of nitrogens with zero attached hydrogens (tertiary/aromatic N) is 4. The van der Waals surface area contributed by atoms with Gasteiger partial charge in [-0.2, -0.15) is 0 Å². The third kappa shape index (κ3) is 3.43. The minimum atomic E-state index is -0.466. The first-order chi connectivity index (χ1) is 8.49. The van der Waals surface area contributed by atoms with E-state index in [2.05, 4.69) is 29.0 Å². The average Bonchev–Trinajstić information content (AvgIpc) is 2.68. The Bertz CT molecular complexity index is 400. The van der Waals surface area contributed by atoms with Crippen LogP contribution in [0.4, 0.5) is 11.6 Å². The van der Waals surface area contributed by atoms with Gasteiger partial charge in [-0.1, -0.05) is 13.8 Å². The lowest BCUT2D eigenvalue weighted by Gasteiger charge is -2.23. The van der Waals surface area contributed by atoms with Gasteiger partial charge in [0.15, 0.2) is 0 Å². The van der Waals surface area contributed by atoms with E-state index in [1.807, 2.05) is 6.92 Å². The standard InChI is InChI=1S/C11H21N5O2/c1-5-15(6-2)7-9(3)13-11-10(16(17)18)12-8-14(11)4/h8-9,13H,5-7H2,1-4H3. The van der Waals surface area contributed by atoms with Crippen molar-refractivity contribution in [2.24, 2.45) is 7.05 Å². The van der Waals surface area contributed by atoms with Gasteiger partial charge in [-0.25, -0.2) is 0 Å². The molecule has 0 radical (unpaired) electrons. The summed E-state index contributed by atoms with van der Waals surface area (Å²) in [5.74, 6) is 0.337. The maximum Gasteiger partial charge on any atom is 0.406 e. The van der Waals surface area contributed by atoms with Crippen molar-refractivity contribution in [3.63, 3.8) is 0 Å². The van der Waals surface area contributed by atoms with Crippen LogP contribution in [0.2, 0.25) is 0 Å². The Hall–Kier alpha value is -1.63. The Morgan fingerprint density at radius 3 is 2.67 bits per heavy atom. The number of hydrogen-bond donors (Lipinski definition) is 1. The first kappa shape index (κ1) is 14.4. The summed E-state index contributed by atoms with van der Waals surface area (Å²) in [6.07, 6.45) is 1.45. The molecule has 1 heterocycles. The fourth-order valence-electron chi connectivity index (χ4n) is 1.87. The second-order valence-corrected chi connectivity index (χ2v) is 4.32. The summed E-state index contributed by atoms with van der Waals surface area (Å²) in [5, 5.41) is 14.0. The van der Waals surface area contributed by atoms with E-state index < -0.39 is 4.92 Å². The van der Waals surface area contributed by atoms with Gasteiger partial charge in [0.25, 0.3) is 0 Å². The van der Waals surface area contributed by atoms with Crippen molar-refractivity contribution in [1.82, 2.24) is 14.5 Å². The van der Waals surface area contributed by atoms with Gasteiger partial charge < -0.3 is 20.3 Å². The molecule has 0 spiro atoms. The molecule has 0 aliphatic rings. The van der Waals surface area contributed by atoms with Crippen LogP contribution in [0.3, 0.4) is 0 Å². The molecule has 0 aliphatic heterocycles. The number of hydrogen-bond acceptors (Lipinski definition) is 5. The Morgan fingerprint density at radius 1 is 1.56 bits per heavy atom. The number of nitrogens with one attached hydrogen (secondary N) is 1. The number of nitro groups is 1. The quantitative estimate of drug-likeness (QED) is 0.590. The van der Waals surface area contributed by atoms with E-state index >= 15 is 0 Å². The summed E-state index contributed by atoms with van der Waals surface area (Å²) >= 11 is 0. The monoisotopic (exact) mass is 255 g/mol. The molecule has 1 unspecified atom stereocenters. The van der Waals surface area contributed by atoms with Gasteiger partial charge >= 0.3 is 5.82 Å². The Kier molecular flexibility index (Phi) is 5.08. The van der Waals surface area contributed by atoms with Crippen LogP contribution in [0.1, 0.15) is 20.8 Å². The van der Waals surface area contributed by atoms with Crippen LogP contribution in [0.15, 0.2) is 6.33 Å². The fourth-order valence-corrected chi connectivity index (χ4v) is 1.87. The number of rotatable bonds is 7. The summed E-state index contributed by atoms with van der Waals surface area (Å²) in [5.41, 5.74) is 0. The van der Waals surface area contributed by atoms with E-state index in [1.54, 1.807) is 11.6 Å². The van der Waals surface area contributed by atoms with Crippen LogP contribution in [-0.4, -0.2) is 45.1 Å². The first-order valence-electron chi connectivity index (χ1n) is 6.14. The molecule has 7 heteroatoms. The zero-order valence-corrected chi connectivity index (χ0v) is 11.4. The lowest BCUT2D eigenvalue weighted by molar-refractivity contribution is -0.388. The predicted octanol–water partition coefficient (Wildman–Crippen LogP) is 1.47. The minimum Gasteiger partial charge on any atom is -0.361 e. The maximum atomic E-state index is 10.8. The highest BCUT2D eigenvalue weighted by atomic mass is 16.6. The zero-order chi connectivity index (χ0) is 13.7. The van der Waals surface area contributed by atoms with Crippen LogP contribution >= 0.6 is 0 Å². The van der Waals surface area contributed by atoms with Crippen LogP contribution in [0.5, 0.6) is 0 Å². The molecule has 0 saturated carbocycles. The molecule has 1 rings (SSSR count). The molecule has 102 valence electrons. The molecular formula is C11H21N5O2. The predicted molar refractivity (Wildman–Crippen MR) is 70.7 cm³/mol. The Balaban J connectivity index is 2.72. The first-order valence-corrected chi connectivity index (χ1v) is 6.14. The van der Waals surface area contributed by atoms with E-state index in [-0.39, 0.29) is 11.9 Å². The normalized spacial score (nSPS) is 12.7. The van der Waals surface area contributed by atoms with Gasteiger partial charge in [-0.3, -0.25) is 4.57 Å². The highest BCUT2D eigenvalue weighted by molar-refractivity contribution is 5.52. The van der Waals surface area contributed by atoms with Crippen molar-refractivity contribution in [2.75, 3.05) is 25.0 Å². The molecule has 18 heavy (non-hydrogen) atoms. The molecule has 0 bridgehead atoms. The van der Waals surface area contributed by atoms with Gasteiger partial charge in [0.05, 0.1) is 0 Å². The lowest BCUT2D eigenvalue weighted by Crippen LogP contribution is -2.35. The van der Waals surface area contributed by atoms with E-state index in [9.17, 15) is 10.1 Å². The number of aromatic nitrogens is 2. The number of likely N-dealkylation sites (N-methyl/N-ethyl adjacent to an activating group) is 1. The van der Waals surface area contributed by atoms with Crippen LogP contribution in [0.25, 0.3) is 0 Å². The van der Waals surface area contributed by atoms with E-state index in [0.717, 1.165) is 19.6 Å². The number of anilines is 1. The van der Waals surface area contributed by atoms with Crippen LogP contribution in [0, 0.1) is 10.1 Å². The number of aryl methyl sites for hydroxylation is 1. The summed E-state index contributed by atoms with van der Waals surface area (Å²) in [6.45, 7) is 8.99. The third-order valence-corrected chi connectivity index (χ3v) is 2.90. The van der Waals surface area contributed by atoms with Crippen molar-refractivity contribution in [3.8, 4) is 0 Å². The van der Waals surface area contributed by atoms with Gasteiger partial charge in [0.1, 0.15) is 0 Å². The van der Waals surface area contributed by atoms with Crippen molar-refractivity contribution in [2.45, 2.75) is 26.8 Å². The van der Waals surface area contributed by atoms with Gasteiger partial charge in [-0.15, -0.1) is 0 Å². The molecule has 0 amide bonds. The molecule has 1 atom stereocenters. The molecule has 7 nitrogen and oxygen atoms in total. The SMILES string of the molecule is CCN(CC)CC(C)Nc1c([N+](=O)[O-])ncn1C. The summed E-state index contributed by atoms with van der Waals surface area (Å²) in [6, 6.07) is 0.124. The summed E-state index contributed by atoms with van der Waals surface area (Å²) < 4.78 is 1.64. The van der Waals surface area contributed by atoms with Crippen molar-refractivity contribution in [3.05, 3.63) is 16.4 Å². The molecule has 0 saturated heterocycles. The second kappa shape index (κ2) is 6.34. The van der Waals surface area contributed by atoms with Gasteiger partial charge in [0.2, 0.25) is 12.1 Å². The summed E-state index contributed by atoms with van der Waals surface area (Å²) in [7, 11) is 1.74. The smallest absolute Gasteiger partial charge is 0.361 e. The van der Waals surface area contributed by atoms with Gasteiger partial charge in [-0.05, 0) is 29.9 Å². The lowest BCUT2D eigenvalue weighted by atomic mass is 10.3. The molecule has 1 N–H and O–H groups in total. The topological polar surface area (TPSA) is 76.2 Å². The molecule has 1 aromatic heterocycles. The maximum absolute atomic E-state index is 10.8. The Labute approximate surface area is 107 Å². The molecule has 0 aliphatic carbocycles. The number of imidazole rings is 1.